The third kappa shape index (κ3) is 6.23. The van der Waals surface area contributed by atoms with Crippen LogP contribution in [-0.4, -0.2) is 93.6 Å². The monoisotopic (exact) mass is 778 g/mol. The van der Waals surface area contributed by atoms with Gasteiger partial charge in [-0.05, 0) is 84.5 Å². The van der Waals surface area contributed by atoms with Gasteiger partial charge in [-0.2, -0.15) is 8.78 Å². The molecule has 4 atom stereocenters. The largest absolute Gasteiger partial charge is 0.453 e. The lowest BCUT2D eigenvalue weighted by atomic mass is 9.98. The SMILES string of the molecule is COC(=O)NCC(=O)N1CCCC1c1ncc(-c2ccc3c(c2)C(F)(F)c2cc(-c4ccc5nc(C6[C@H]7CC[C@H](C7)N6C(=O)CNC(=O)OC)[nH]c5c4)ccc2-3)[nH]1. The van der Waals surface area contributed by atoms with Crippen LogP contribution in [0.4, 0.5) is 18.4 Å². The highest BCUT2D eigenvalue weighted by Gasteiger charge is 2.50. The van der Waals surface area contributed by atoms with Gasteiger partial charge in [0.15, 0.2) is 0 Å². The minimum atomic E-state index is -3.27. The molecular weight excluding hydrogens is 738 g/mol. The van der Waals surface area contributed by atoms with Crippen molar-refractivity contribution < 1.29 is 37.4 Å². The van der Waals surface area contributed by atoms with E-state index in [4.69, 9.17) is 4.98 Å². The van der Waals surface area contributed by atoms with Gasteiger partial charge in [0.2, 0.25) is 11.8 Å². The zero-order valence-corrected chi connectivity index (χ0v) is 31.2. The van der Waals surface area contributed by atoms with Crippen molar-refractivity contribution in [2.45, 2.75) is 56.2 Å². The maximum absolute atomic E-state index is 16.4. The average molecular weight is 779 g/mol. The van der Waals surface area contributed by atoms with Crippen molar-refractivity contribution in [1.82, 2.24) is 40.4 Å². The number of piperidine rings is 1. The molecule has 2 saturated heterocycles. The molecule has 0 spiro atoms. The van der Waals surface area contributed by atoms with E-state index in [0.717, 1.165) is 36.8 Å². The molecule has 2 aliphatic heterocycles. The van der Waals surface area contributed by atoms with E-state index in [1.807, 2.05) is 29.2 Å². The van der Waals surface area contributed by atoms with E-state index in [1.54, 1.807) is 35.4 Å². The second-order valence-electron chi connectivity index (χ2n) is 15.0. The summed E-state index contributed by atoms with van der Waals surface area (Å²) in [5.41, 5.74) is 4.62. The Balaban J connectivity index is 0.945. The number of ether oxygens (including phenoxy) is 2. The first-order chi connectivity index (χ1) is 27.5. The summed E-state index contributed by atoms with van der Waals surface area (Å²) in [7, 11) is 2.48. The molecule has 9 rings (SSSR count). The third-order valence-corrected chi connectivity index (χ3v) is 11.9. The molecule has 3 aromatic carbocycles. The van der Waals surface area contributed by atoms with E-state index in [2.05, 4.69) is 35.1 Å². The second-order valence-corrected chi connectivity index (χ2v) is 15.0. The summed E-state index contributed by atoms with van der Waals surface area (Å²) in [5.74, 6) is -2.29. The first-order valence-corrected chi connectivity index (χ1v) is 19.0. The number of hydrogen-bond acceptors (Lipinski definition) is 8. The van der Waals surface area contributed by atoms with Crippen molar-refractivity contribution in [2.75, 3.05) is 33.9 Å². The predicted molar refractivity (Wildman–Crippen MR) is 203 cm³/mol. The van der Waals surface area contributed by atoms with Gasteiger partial charge in [-0.3, -0.25) is 9.59 Å². The second kappa shape index (κ2) is 14.0. The van der Waals surface area contributed by atoms with Crippen molar-refractivity contribution in [3.05, 3.63) is 83.6 Å². The van der Waals surface area contributed by atoms with E-state index in [0.29, 0.717) is 58.1 Å². The van der Waals surface area contributed by atoms with E-state index in [1.165, 1.54) is 20.3 Å². The third-order valence-electron chi connectivity index (χ3n) is 11.9. The lowest BCUT2D eigenvalue weighted by Gasteiger charge is -2.34. The minimum absolute atomic E-state index is 0.0742. The number of aromatic nitrogens is 4. The highest BCUT2D eigenvalue weighted by Crippen LogP contribution is 2.53. The maximum atomic E-state index is 16.4. The number of rotatable bonds is 8. The number of alkyl halides is 2. The van der Waals surface area contributed by atoms with Crippen LogP contribution in [0, 0.1) is 5.92 Å². The fourth-order valence-corrected chi connectivity index (χ4v) is 9.25. The summed E-state index contributed by atoms with van der Waals surface area (Å²) >= 11 is 0. The fraction of sp³-hybridized carbons (Fsp3) is 0.366. The van der Waals surface area contributed by atoms with Crippen LogP contribution in [0.1, 0.15) is 67.0 Å². The van der Waals surface area contributed by atoms with Crippen LogP contribution in [-0.2, 0) is 25.0 Å². The normalized spacial score (nSPS) is 21.4. The summed E-state index contributed by atoms with van der Waals surface area (Å²) < 4.78 is 42.0. The number of nitrogens with zero attached hydrogens (tertiary/aromatic N) is 4. The predicted octanol–water partition coefficient (Wildman–Crippen LogP) is 6.17. The van der Waals surface area contributed by atoms with Crippen LogP contribution < -0.4 is 10.6 Å². The number of methoxy groups -OCH3 is 2. The Morgan fingerprint density at radius 2 is 1.49 bits per heavy atom. The van der Waals surface area contributed by atoms with Gasteiger partial charge in [0.05, 0.1) is 49.2 Å². The molecule has 5 aromatic rings. The Morgan fingerprint density at radius 3 is 2.23 bits per heavy atom. The number of H-pyrrole nitrogens is 2. The molecule has 294 valence electrons. The molecule has 0 radical (unpaired) electrons. The Bertz CT molecular complexity index is 2450. The molecular formula is C41H40F2N8O6. The first kappa shape index (κ1) is 36.3. The molecule has 4 heterocycles. The van der Waals surface area contributed by atoms with Gasteiger partial charge >= 0.3 is 12.2 Å². The zero-order valence-electron chi connectivity index (χ0n) is 31.2. The number of fused-ring (bicyclic) bond motifs is 6. The van der Waals surface area contributed by atoms with E-state index in [9.17, 15) is 19.2 Å². The van der Waals surface area contributed by atoms with Gasteiger partial charge in [0.1, 0.15) is 24.7 Å². The van der Waals surface area contributed by atoms with Gasteiger partial charge in [-0.25, -0.2) is 19.6 Å². The van der Waals surface area contributed by atoms with Crippen molar-refractivity contribution in [2.24, 2.45) is 5.92 Å². The molecule has 57 heavy (non-hydrogen) atoms. The minimum Gasteiger partial charge on any atom is -0.453 e. The average Bonchev–Trinajstić information content (AvgIpc) is 4.09. The molecule has 2 bridgehead atoms. The Morgan fingerprint density at radius 1 is 0.825 bits per heavy atom. The van der Waals surface area contributed by atoms with Crippen LogP contribution in [0.25, 0.3) is 44.5 Å². The van der Waals surface area contributed by atoms with Crippen LogP contribution in [0.3, 0.4) is 0 Å². The standard InChI is InChI=1S/C41H40F2N8O6/c1-56-39(54)45-19-34(52)50-13-3-4-33(50)37-44-18-32(49-37)23-7-11-27-26-10-6-21(15-28(26)41(42,43)29(27)16-23)22-8-12-30-31(17-22)48-38(47-30)36-24-5-9-25(14-24)51(36)35(53)20-46-40(55)57-2/h6-8,10-12,15-18,24-25,33,36H,3-5,9,13-14,19-20H2,1-2H3,(H,44,49)(H,45,54)(H,46,55)(H,47,48)/t24-,25+,33?,36?/m0/s1. The number of aromatic amines is 2. The van der Waals surface area contributed by atoms with Crippen LogP contribution in [0.15, 0.2) is 60.8 Å². The summed E-state index contributed by atoms with van der Waals surface area (Å²) in [6.45, 7) is 0.129. The van der Waals surface area contributed by atoms with E-state index in [-0.39, 0.29) is 60.1 Å². The van der Waals surface area contributed by atoms with Crippen molar-refractivity contribution in [3.63, 3.8) is 0 Å². The number of likely N-dealkylation sites (tertiary alicyclic amines) is 2. The smallest absolute Gasteiger partial charge is 0.407 e. The lowest BCUT2D eigenvalue weighted by Crippen LogP contribution is -2.45. The number of amides is 4. The Kier molecular flexibility index (Phi) is 8.93. The first-order valence-electron chi connectivity index (χ1n) is 19.0. The van der Waals surface area contributed by atoms with Gasteiger partial charge in [0.25, 0.3) is 5.92 Å². The number of benzene rings is 3. The van der Waals surface area contributed by atoms with Gasteiger partial charge in [-0.15, -0.1) is 0 Å². The van der Waals surface area contributed by atoms with Gasteiger partial charge in [-0.1, -0.05) is 30.3 Å². The number of hydrogen-bond donors (Lipinski definition) is 4. The van der Waals surface area contributed by atoms with Crippen molar-refractivity contribution in [3.8, 4) is 33.5 Å². The zero-order chi connectivity index (χ0) is 39.6. The fourth-order valence-electron chi connectivity index (χ4n) is 9.25. The molecule has 1 saturated carbocycles. The maximum Gasteiger partial charge on any atom is 0.407 e. The molecule has 4 aliphatic rings. The van der Waals surface area contributed by atoms with E-state index < -0.39 is 18.1 Å². The number of carbonyl (C=O) groups is 4. The molecule has 3 fully saturated rings. The Hall–Kier alpha value is -6.32. The van der Waals surface area contributed by atoms with E-state index >= 15 is 8.78 Å². The van der Waals surface area contributed by atoms with Crippen molar-refractivity contribution in [1.29, 1.82) is 0 Å². The summed E-state index contributed by atoms with van der Waals surface area (Å²) in [6, 6.07) is 15.2. The molecule has 16 heteroatoms. The van der Waals surface area contributed by atoms with Crippen molar-refractivity contribution >= 4 is 35.0 Å². The van der Waals surface area contributed by atoms with Gasteiger partial charge < -0.3 is 39.9 Å². The molecule has 2 aliphatic carbocycles. The Labute approximate surface area is 325 Å². The van der Waals surface area contributed by atoms with Gasteiger partial charge in [0, 0.05) is 29.3 Å². The topological polar surface area (TPSA) is 175 Å². The highest BCUT2D eigenvalue weighted by molar-refractivity contribution is 5.88. The number of nitrogens with one attached hydrogen (secondary N) is 4. The summed E-state index contributed by atoms with van der Waals surface area (Å²) in [6.07, 6.45) is 4.40. The van der Waals surface area contributed by atoms with Crippen LogP contribution in [0.2, 0.25) is 0 Å². The molecule has 4 amide bonds. The molecule has 14 nitrogen and oxygen atoms in total. The van der Waals surface area contributed by atoms with Crippen LogP contribution in [0.5, 0.6) is 0 Å². The molecule has 4 N–H and O–H groups in total. The number of alkyl carbamates (subject to hydrolysis) is 2. The quantitative estimate of drug-likeness (QED) is 0.145. The summed E-state index contributed by atoms with van der Waals surface area (Å²) in [4.78, 5) is 68.8. The number of imidazole rings is 2. The molecule has 2 unspecified atom stereocenters. The number of carbonyl (C=O) groups excluding carboxylic acids is 4. The lowest BCUT2D eigenvalue weighted by molar-refractivity contribution is -0.135. The molecule has 2 aromatic heterocycles. The van der Waals surface area contributed by atoms with Crippen LogP contribution >= 0.6 is 0 Å². The highest BCUT2D eigenvalue weighted by atomic mass is 19.3. The number of halogens is 2. The summed E-state index contributed by atoms with van der Waals surface area (Å²) in [5, 5.41) is 4.91.